The number of hydrogen-bond acceptors (Lipinski definition) is 4. The molecule has 0 bridgehead atoms. The zero-order chi connectivity index (χ0) is 16.8. The third-order valence-electron chi connectivity index (χ3n) is 2.80. The van der Waals surface area contributed by atoms with Gasteiger partial charge in [-0.1, -0.05) is 6.07 Å². The molecule has 5 nitrogen and oxygen atoms in total. The molecule has 1 aromatic rings. The third-order valence-corrected chi connectivity index (χ3v) is 4.25. The third kappa shape index (κ3) is 5.56. The summed E-state index contributed by atoms with van der Waals surface area (Å²) in [5, 5.41) is 0. The van der Waals surface area contributed by atoms with Crippen molar-refractivity contribution in [2.75, 3.05) is 33.5 Å². The molecular formula is C13H18F3NO4S. The average Bonchev–Trinajstić information content (AvgIpc) is 2.41. The van der Waals surface area contributed by atoms with Gasteiger partial charge in [-0.25, -0.2) is 13.1 Å². The highest BCUT2D eigenvalue weighted by atomic mass is 32.2. The van der Waals surface area contributed by atoms with Crippen LogP contribution in [0.2, 0.25) is 0 Å². The van der Waals surface area contributed by atoms with Gasteiger partial charge in [0.1, 0.15) is 0 Å². The van der Waals surface area contributed by atoms with Crippen LogP contribution in [0.5, 0.6) is 0 Å². The van der Waals surface area contributed by atoms with Crippen LogP contribution in [0.1, 0.15) is 11.1 Å². The quantitative estimate of drug-likeness (QED) is 0.734. The first kappa shape index (κ1) is 18.9. The standard InChI is InChI=1S/C13H18F3NO4S/c1-10-3-4-11(9-12(10)13(14,15)16)22(18,19)17-5-6-21-8-7-20-2/h3-4,9,17H,5-8H2,1-2H3. The minimum Gasteiger partial charge on any atom is -0.382 e. The summed E-state index contributed by atoms with van der Waals surface area (Å²) < 4.78 is 74.3. The number of nitrogens with one attached hydrogen (secondary N) is 1. The highest BCUT2D eigenvalue weighted by molar-refractivity contribution is 7.89. The Morgan fingerprint density at radius 1 is 1.18 bits per heavy atom. The van der Waals surface area contributed by atoms with Crippen molar-refractivity contribution < 1.29 is 31.1 Å². The summed E-state index contributed by atoms with van der Waals surface area (Å²) in [6.07, 6.45) is -4.60. The molecule has 0 unspecified atom stereocenters. The van der Waals surface area contributed by atoms with Crippen LogP contribution in [0.25, 0.3) is 0 Å². The molecule has 22 heavy (non-hydrogen) atoms. The number of ether oxygens (including phenoxy) is 2. The minimum atomic E-state index is -4.60. The van der Waals surface area contributed by atoms with Crippen LogP contribution in [0.4, 0.5) is 13.2 Å². The molecule has 0 atom stereocenters. The molecule has 0 aliphatic heterocycles. The van der Waals surface area contributed by atoms with Crippen molar-refractivity contribution >= 4 is 10.0 Å². The lowest BCUT2D eigenvalue weighted by Crippen LogP contribution is -2.28. The van der Waals surface area contributed by atoms with Crippen LogP contribution in [0, 0.1) is 6.92 Å². The second-order valence-electron chi connectivity index (χ2n) is 4.48. The number of halogens is 3. The van der Waals surface area contributed by atoms with Crippen LogP contribution in [-0.4, -0.2) is 41.9 Å². The van der Waals surface area contributed by atoms with Crippen molar-refractivity contribution in [2.45, 2.75) is 18.0 Å². The number of alkyl halides is 3. The van der Waals surface area contributed by atoms with Crippen LogP contribution in [0.3, 0.4) is 0 Å². The molecule has 0 spiro atoms. The normalized spacial score (nSPS) is 12.6. The molecule has 126 valence electrons. The Hall–Kier alpha value is -1.16. The Balaban J connectivity index is 2.73. The molecule has 1 aromatic carbocycles. The Labute approximate surface area is 127 Å². The lowest BCUT2D eigenvalue weighted by atomic mass is 10.1. The van der Waals surface area contributed by atoms with E-state index in [9.17, 15) is 21.6 Å². The van der Waals surface area contributed by atoms with E-state index in [2.05, 4.69) is 4.72 Å². The predicted molar refractivity (Wildman–Crippen MR) is 74.1 cm³/mol. The lowest BCUT2D eigenvalue weighted by molar-refractivity contribution is -0.138. The second kappa shape index (κ2) is 7.91. The number of hydrogen-bond donors (Lipinski definition) is 1. The number of aryl methyl sites for hydroxylation is 1. The van der Waals surface area contributed by atoms with E-state index in [-0.39, 0.29) is 18.7 Å². The van der Waals surface area contributed by atoms with Gasteiger partial charge in [0.25, 0.3) is 0 Å². The zero-order valence-electron chi connectivity index (χ0n) is 12.2. The molecule has 0 saturated carbocycles. The van der Waals surface area contributed by atoms with Crippen molar-refractivity contribution in [1.82, 2.24) is 4.72 Å². The van der Waals surface area contributed by atoms with Crippen LogP contribution >= 0.6 is 0 Å². The van der Waals surface area contributed by atoms with Crippen molar-refractivity contribution in [3.05, 3.63) is 29.3 Å². The topological polar surface area (TPSA) is 64.6 Å². The van der Waals surface area contributed by atoms with Gasteiger partial charge in [-0.05, 0) is 24.6 Å². The maximum atomic E-state index is 12.8. The fourth-order valence-electron chi connectivity index (χ4n) is 1.65. The van der Waals surface area contributed by atoms with Gasteiger partial charge in [0.05, 0.1) is 30.3 Å². The summed E-state index contributed by atoms with van der Waals surface area (Å²) in [5.41, 5.74) is -0.999. The molecule has 0 heterocycles. The van der Waals surface area contributed by atoms with Crippen molar-refractivity contribution in [1.29, 1.82) is 0 Å². The van der Waals surface area contributed by atoms with Gasteiger partial charge < -0.3 is 9.47 Å². The van der Waals surface area contributed by atoms with Crippen LogP contribution in [-0.2, 0) is 25.7 Å². The summed E-state index contributed by atoms with van der Waals surface area (Å²) in [7, 11) is -2.51. The molecule has 0 fully saturated rings. The van der Waals surface area contributed by atoms with E-state index in [1.54, 1.807) is 0 Å². The summed E-state index contributed by atoms with van der Waals surface area (Å²) in [6.45, 7) is 2.01. The second-order valence-corrected chi connectivity index (χ2v) is 6.24. The van der Waals surface area contributed by atoms with E-state index in [4.69, 9.17) is 9.47 Å². The maximum Gasteiger partial charge on any atom is 0.416 e. The molecule has 1 rings (SSSR count). The van der Waals surface area contributed by atoms with Gasteiger partial charge >= 0.3 is 6.18 Å². The van der Waals surface area contributed by atoms with E-state index in [0.29, 0.717) is 19.3 Å². The minimum absolute atomic E-state index is 0.0330. The van der Waals surface area contributed by atoms with E-state index >= 15 is 0 Å². The average molecular weight is 341 g/mol. The van der Waals surface area contributed by atoms with Crippen molar-refractivity contribution in [2.24, 2.45) is 0 Å². The molecule has 0 amide bonds. The van der Waals surface area contributed by atoms with Crippen molar-refractivity contribution in [3.63, 3.8) is 0 Å². The highest BCUT2D eigenvalue weighted by Gasteiger charge is 2.33. The van der Waals surface area contributed by atoms with Crippen molar-refractivity contribution in [3.8, 4) is 0 Å². The Bertz CT molecular complexity index is 587. The monoisotopic (exact) mass is 341 g/mol. The van der Waals surface area contributed by atoms with Gasteiger partial charge in [0.15, 0.2) is 0 Å². The van der Waals surface area contributed by atoms with Gasteiger partial charge in [0, 0.05) is 13.7 Å². The van der Waals surface area contributed by atoms with Crippen LogP contribution < -0.4 is 4.72 Å². The van der Waals surface area contributed by atoms with E-state index < -0.39 is 26.7 Å². The Morgan fingerprint density at radius 2 is 1.86 bits per heavy atom. The largest absolute Gasteiger partial charge is 0.416 e. The molecule has 0 aliphatic carbocycles. The van der Waals surface area contributed by atoms with Gasteiger partial charge in [-0.3, -0.25) is 0 Å². The summed E-state index contributed by atoms with van der Waals surface area (Å²) in [4.78, 5) is -0.428. The first-order chi connectivity index (χ1) is 10.2. The maximum absolute atomic E-state index is 12.8. The van der Waals surface area contributed by atoms with Gasteiger partial charge in [-0.15, -0.1) is 0 Å². The number of methoxy groups -OCH3 is 1. The summed E-state index contributed by atoms with van der Waals surface area (Å²) in [5.74, 6) is 0. The smallest absolute Gasteiger partial charge is 0.382 e. The number of benzene rings is 1. The van der Waals surface area contributed by atoms with E-state index in [1.165, 1.54) is 14.0 Å². The first-order valence-corrected chi connectivity index (χ1v) is 7.91. The molecule has 0 aromatic heterocycles. The zero-order valence-corrected chi connectivity index (χ0v) is 13.1. The number of sulfonamides is 1. The van der Waals surface area contributed by atoms with E-state index in [1.807, 2.05) is 0 Å². The lowest BCUT2D eigenvalue weighted by Gasteiger charge is -2.13. The molecular weight excluding hydrogens is 323 g/mol. The molecule has 0 saturated heterocycles. The highest BCUT2D eigenvalue weighted by Crippen LogP contribution is 2.33. The molecule has 1 N–H and O–H groups in total. The van der Waals surface area contributed by atoms with E-state index in [0.717, 1.165) is 12.1 Å². The summed E-state index contributed by atoms with van der Waals surface area (Å²) in [6, 6.07) is 2.90. The van der Waals surface area contributed by atoms with Crippen LogP contribution in [0.15, 0.2) is 23.1 Å². The fourth-order valence-corrected chi connectivity index (χ4v) is 2.69. The molecule has 9 heteroatoms. The molecule has 0 radical (unpaired) electrons. The fraction of sp³-hybridized carbons (Fsp3) is 0.538. The SMILES string of the molecule is COCCOCCNS(=O)(=O)c1ccc(C)c(C(F)(F)F)c1. The molecule has 0 aliphatic rings. The number of rotatable bonds is 8. The Kier molecular flexibility index (Phi) is 6.79. The van der Waals surface area contributed by atoms with Gasteiger partial charge in [0.2, 0.25) is 10.0 Å². The van der Waals surface area contributed by atoms with Gasteiger partial charge in [-0.2, -0.15) is 13.2 Å². The first-order valence-electron chi connectivity index (χ1n) is 6.42. The summed E-state index contributed by atoms with van der Waals surface area (Å²) >= 11 is 0. The Morgan fingerprint density at radius 3 is 2.45 bits per heavy atom. The predicted octanol–water partition coefficient (Wildman–Crippen LogP) is 1.96.